The van der Waals surface area contributed by atoms with Gasteiger partial charge < -0.3 is 8.92 Å². The molecule has 7 heteroatoms. The van der Waals surface area contributed by atoms with Crippen LogP contribution in [0.3, 0.4) is 0 Å². The largest absolute Gasteiger partial charge is 0.493 e. The summed E-state index contributed by atoms with van der Waals surface area (Å²) >= 11 is 0. The van der Waals surface area contributed by atoms with Gasteiger partial charge in [-0.3, -0.25) is 4.39 Å². The van der Waals surface area contributed by atoms with Crippen LogP contribution in [0.2, 0.25) is 0 Å². The molecule has 0 aromatic heterocycles. The van der Waals surface area contributed by atoms with Gasteiger partial charge in [-0.2, -0.15) is 13.6 Å². The molecule has 4 rings (SSSR count). The Balaban J connectivity index is 1.70. The summed E-state index contributed by atoms with van der Waals surface area (Å²) < 4.78 is 47.2. The summed E-state index contributed by atoms with van der Waals surface area (Å²) in [6.45, 7) is 2.05. The van der Waals surface area contributed by atoms with Crippen molar-refractivity contribution in [3.8, 4) is 11.5 Å². The number of hydrogen-bond acceptors (Lipinski definition) is 4. The molecule has 162 valence electrons. The zero-order chi connectivity index (χ0) is 20.8. The highest BCUT2D eigenvalue weighted by molar-refractivity contribution is 7.84. The summed E-state index contributed by atoms with van der Waals surface area (Å²) in [6.07, 6.45) is 8.47. The minimum Gasteiger partial charge on any atom is -0.493 e. The Bertz CT molecular complexity index is 874. The van der Waals surface area contributed by atoms with Crippen LogP contribution in [0.1, 0.15) is 68.9 Å². The summed E-state index contributed by atoms with van der Waals surface area (Å²) in [5.41, 5.74) is 2.51. The van der Waals surface area contributed by atoms with E-state index in [1.165, 1.54) is 19.1 Å². The van der Waals surface area contributed by atoms with E-state index >= 15 is 0 Å². The number of rotatable bonds is 5. The van der Waals surface area contributed by atoms with Gasteiger partial charge in [0, 0.05) is 0 Å². The molecule has 5 nitrogen and oxygen atoms in total. The van der Waals surface area contributed by atoms with Gasteiger partial charge in [-0.1, -0.05) is 13.3 Å². The van der Waals surface area contributed by atoms with Crippen molar-refractivity contribution in [2.24, 2.45) is 28.3 Å². The molecule has 2 fully saturated rings. The van der Waals surface area contributed by atoms with Gasteiger partial charge in [-0.15, -0.1) is 0 Å². The van der Waals surface area contributed by atoms with E-state index < -0.39 is 10.3 Å². The van der Waals surface area contributed by atoms with Gasteiger partial charge in [0.25, 0.3) is 0 Å². The van der Waals surface area contributed by atoms with Crippen LogP contribution in [0.25, 0.3) is 0 Å². The van der Waals surface area contributed by atoms with Gasteiger partial charge in [0.2, 0.25) is 0 Å². The maximum atomic E-state index is 13.9. The minimum atomic E-state index is -4.11. The molecule has 0 bridgehead atoms. The average Bonchev–Trinajstić information content (AvgIpc) is 2.70. The van der Waals surface area contributed by atoms with Crippen LogP contribution < -0.4 is 14.1 Å². The Hall–Kier alpha value is -1.34. The van der Waals surface area contributed by atoms with E-state index in [1.54, 1.807) is 6.07 Å². The van der Waals surface area contributed by atoms with Gasteiger partial charge in [-0.25, -0.2) is 0 Å². The molecule has 29 heavy (non-hydrogen) atoms. The Kier molecular flexibility index (Phi) is 5.57. The second-order valence-electron chi connectivity index (χ2n) is 9.10. The summed E-state index contributed by atoms with van der Waals surface area (Å²) in [7, 11) is -2.60. The van der Waals surface area contributed by atoms with Gasteiger partial charge in [0.15, 0.2) is 11.5 Å². The molecule has 3 aliphatic carbocycles. The molecular formula is C22H32FNO4S. The number of halogens is 1. The van der Waals surface area contributed by atoms with E-state index in [0.717, 1.165) is 50.5 Å². The van der Waals surface area contributed by atoms with Gasteiger partial charge in [0.1, 0.15) is 0 Å². The molecule has 0 heterocycles. The van der Waals surface area contributed by atoms with Crippen molar-refractivity contribution in [1.82, 2.24) is 0 Å². The van der Waals surface area contributed by atoms with Crippen molar-refractivity contribution < 1.29 is 21.7 Å². The maximum absolute atomic E-state index is 13.9. The van der Waals surface area contributed by atoms with Crippen molar-refractivity contribution in [3.05, 3.63) is 23.3 Å². The fourth-order valence-corrected chi connectivity index (χ4v) is 7.39. The fourth-order valence-electron chi connectivity index (χ4n) is 7.01. The van der Waals surface area contributed by atoms with Crippen LogP contribution in [-0.2, 0) is 16.7 Å². The van der Waals surface area contributed by atoms with E-state index in [1.807, 2.05) is 6.07 Å². The molecule has 1 unspecified atom stereocenters. The number of fused-ring (bicyclic) bond motifs is 5. The number of ether oxygens (including phenoxy) is 1. The SMILES string of the molecule is CC[C@]12CC[C@@H]3c4cc(OC)c(OS(N)(=O)=O)cc4CC[C@H]3[C@@H]1CCCC2CF. The van der Waals surface area contributed by atoms with Gasteiger partial charge in [0.05, 0.1) is 13.8 Å². The van der Waals surface area contributed by atoms with Crippen LogP contribution in [0, 0.1) is 23.2 Å². The van der Waals surface area contributed by atoms with Crippen LogP contribution in [0.4, 0.5) is 4.39 Å². The Morgan fingerprint density at radius 1 is 1.21 bits per heavy atom. The molecule has 0 spiro atoms. The average molecular weight is 426 g/mol. The Morgan fingerprint density at radius 2 is 2.00 bits per heavy atom. The molecule has 1 aromatic rings. The highest BCUT2D eigenvalue weighted by Gasteiger charge is 2.54. The predicted molar refractivity (Wildman–Crippen MR) is 110 cm³/mol. The molecule has 0 aliphatic heterocycles. The lowest BCUT2D eigenvalue weighted by molar-refractivity contribution is -0.0734. The van der Waals surface area contributed by atoms with Crippen molar-refractivity contribution in [2.45, 2.75) is 64.2 Å². The van der Waals surface area contributed by atoms with Crippen LogP contribution >= 0.6 is 0 Å². The molecule has 3 aliphatic rings. The lowest BCUT2D eigenvalue weighted by Crippen LogP contribution is -2.50. The summed E-state index contributed by atoms with van der Waals surface area (Å²) in [4.78, 5) is 0. The molecule has 0 radical (unpaired) electrons. The fraction of sp³-hybridized carbons (Fsp3) is 0.727. The first kappa shape index (κ1) is 20.9. The number of aryl methyl sites for hydroxylation is 1. The van der Waals surface area contributed by atoms with E-state index in [4.69, 9.17) is 14.1 Å². The molecule has 2 saturated carbocycles. The molecule has 1 aromatic carbocycles. The lowest BCUT2D eigenvalue weighted by atomic mass is 9.46. The second kappa shape index (κ2) is 7.73. The molecule has 2 N–H and O–H groups in total. The van der Waals surface area contributed by atoms with Crippen molar-refractivity contribution >= 4 is 10.3 Å². The zero-order valence-corrected chi connectivity index (χ0v) is 18.1. The molecule has 0 saturated heterocycles. The third-order valence-electron chi connectivity index (χ3n) is 8.20. The maximum Gasteiger partial charge on any atom is 0.380 e. The summed E-state index contributed by atoms with van der Waals surface area (Å²) in [5.74, 6) is 2.30. The minimum absolute atomic E-state index is 0.145. The van der Waals surface area contributed by atoms with E-state index in [9.17, 15) is 12.8 Å². The van der Waals surface area contributed by atoms with Gasteiger partial charge in [-0.05, 0) is 97.3 Å². The third-order valence-corrected chi connectivity index (χ3v) is 8.61. The van der Waals surface area contributed by atoms with Crippen molar-refractivity contribution in [2.75, 3.05) is 13.8 Å². The standard InChI is InChI=1S/C22H32FNO4S/c1-3-22-10-9-16-17(19(22)6-4-5-15(22)13-23)8-7-14-11-21(28-29(24,25)26)20(27-2)12-18(14)16/h11-12,15-17,19H,3-10,13H2,1-2H3,(H2,24,25,26)/t15?,16-,17+,19-,22+/m0/s1. The van der Waals surface area contributed by atoms with Crippen LogP contribution in [0.15, 0.2) is 12.1 Å². The third kappa shape index (κ3) is 3.54. The van der Waals surface area contributed by atoms with Crippen LogP contribution in [-0.4, -0.2) is 22.2 Å². The van der Waals surface area contributed by atoms with Crippen molar-refractivity contribution in [1.29, 1.82) is 0 Å². The summed E-state index contributed by atoms with van der Waals surface area (Å²) in [6, 6.07) is 3.72. The first-order chi connectivity index (χ1) is 13.8. The Labute approximate surface area is 173 Å². The lowest BCUT2D eigenvalue weighted by Gasteiger charge is -2.58. The molecule has 0 amide bonds. The van der Waals surface area contributed by atoms with E-state index in [-0.39, 0.29) is 23.8 Å². The number of methoxy groups -OCH3 is 1. The van der Waals surface area contributed by atoms with E-state index in [2.05, 4.69) is 6.92 Å². The normalized spacial score (nSPS) is 33.9. The zero-order valence-electron chi connectivity index (χ0n) is 17.3. The number of alkyl halides is 1. The quantitative estimate of drug-likeness (QED) is 0.753. The van der Waals surface area contributed by atoms with Gasteiger partial charge >= 0.3 is 10.3 Å². The predicted octanol–water partition coefficient (Wildman–Crippen LogP) is 4.50. The van der Waals surface area contributed by atoms with E-state index in [0.29, 0.717) is 23.5 Å². The number of nitrogens with two attached hydrogens (primary N) is 1. The smallest absolute Gasteiger partial charge is 0.380 e. The van der Waals surface area contributed by atoms with Crippen molar-refractivity contribution in [3.63, 3.8) is 0 Å². The number of hydrogen-bond donors (Lipinski definition) is 1. The monoisotopic (exact) mass is 425 g/mol. The molecular weight excluding hydrogens is 393 g/mol. The second-order valence-corrected chi connectivity index (χ2v) is 10.3. The summed E-state index contributed by atoms with van der Waals surface area (Å²) in [5, 5.41) is 5.07. The topological polar surface area (TPSA) is 78.6 Å². The first-order valence-electron chi connectivity index (χ1n) is 10.8. The molecule has 5 atom stereocenters. The van der Waals surface area contributed by atoms with Crippen LogP contribution in [0.5, 0.6) is 11.5 Å². The Morgan fingerprint density at radius 3 is 2.66 bits per heavy atom. The first-order valence-corrected chi connectivity index (χ1v) is 12.3. The number of benzene rings is 1. The highest BCUT2D eigenvalue weighted by atomic mass is 32.2. The highest BCUT2D eigenvalue weighted by Crippen LogP contribution is 2.63.